The fourth-order valence-corrected chi connectivity index (χ4v) is 3.14. The van der Waals surface area contributed by atoms with Crippen molar-refractivity contribution in [3.05, 3.63) is 60.4 Å². The average Bonchev–Trinajstić information content (AvgIpc) is 3.25. The molecule has 0 aliphatic carbocycles. The van der Waals surface area contributed by atoms with Gasteiger partial charge in [0.1, 0.15) is 23.8 Å². The van der Waals surface area contributed by atoms with Crippen LogP contribution in [-0.4, -0.2) is 56.6 Å². The first-order valence-corrected chi connectivity index (χ1v) is 9.09. The third-order valence-electron chi connectivity index (χ3n) is 4.64. The molecule has 0 bridgehead atoms. The second kappa shape index (κ2) is 7.82. The van der Waals surface area contributed by atoms with Crippen LogP contribution in [-0.2, 0) is 0 Å². The molecule has 1 aromatic carbocycles. The average molecular weight is 399 g/mol. The lowest BCUT2D eigenvalue weighted by molar-refractivity contribution is 0.208. The standard InChI is InChI=1S/C19H19F2N7O/c1-13-23-17(11-18(24-13)28-5-4-22-12-28)26-6-8-27(9-7-26)19(29)25-14-2-3-15(20)16(21)10-14/h2-5,10-12H,6-9H2,1H3,(H,25,29). The van der Waals surface area contributed by atoms with E-state index >= 15 is 0 Å². The third-order valence-corrected chi connectivity index (χ3v) is 4.64. The summed E-state index contributed by atoms with van der Waals surface area (Å²) in [5.74, 6) is 0.197. The van der Waals surface area contributed by atoms with Gasteiger partial charge in [-0.15, -0.1) is 0 Å². The molecule has 29 heavy (non-hydrogen) atoms. The number of hydrogen-bond acceptors (Lipinski definition) is 5. The first-order chi connectivity index (χ1) is 14.0. The largest absolute Gasteiger partial charge is 0.353 e. The molecule has 2 amide bonds. The Balaban J connectivity index is 1.40. The van der Waals surface area contributed by atoms with E-state index in [-0.39, 0.29) is 11.7 Å². The summed E-state index contributed by atoms with van der Waals surface area (Å²) in [6.07, 6.45) is 5.17. The van der Waals surface area contributed by atoms with Gasteiger partial charge in [-0.05, 0) is 19.1 Å². The summed E-state index contributed by atoms with van der Waals surface area (Å²) in [7, 11) is 0. The number of urea groups is 1. The molecule has 1 N–H and O–H groups in total. The number of nitrogens with zero attached hydrogens (tertiary/aromatic N) is 6. The highest BCUT2D eigenvalue weighted by atomic mass is 19.2. The van der Waals surface area contributed by atoms with E-state index in [1.807, 2.05) is 23.8 Å². The zero-order valence-electron chi connectivity index (χ0n) is 15.7. The molecular weight excluding hydrogens is 380 g/mol. The summed E-state index contributed by atoms with van der Waals surface area (Å²) < 4.78 is 28.1. The maximum Gasteiger partial charge on any atom is 0.321 e. The third kappa shape index (κ3) is 4.15. The van der Waals surface area contributed by atoms with Crippen molar-refractivity contribution in [2.75, 3.05) is 36.4 Å². The first-order valence-electron chi connectivity index (χ1n) is 9.09. The van der Waals surface area contributed by atoms with Gasteiger partial charge < -0.3 is 15.1 Å². The lowest BCUT2D eigenvalue weighted by atomic mass is 10.3. The minimum atomic E-state index is -1.000. The maximum absolute atomic E-state index is 13.3. The van der Waals surface area contributed by atoms with Gasteiger partial charge in [0.25, 0.3) is 0 Å². The normalized spacial score (nSPS) is 14.2. The summed E-state index contributed by atoms with van der Waals surface area (Å²) in [5.41, 5.74) is 0.215. The highest BCUT2D eigenvalue weighted by molar-refractivity contribution is 5.89. The molecule has 0 saturated carbocycles. The van der Waals surface area contributed by atoms with E-state index in [1.54, 1.807) is 17.4 Å². The highest BCUT2D eigenvalue weighted by Crippen LogP contribution is 2.18. The number of piperazine rings is 1. The lowest BCUT2D eigenvalue weighted by Gasteiger charge is -2.35. The Morgan fingerprint density at radius 1 is 1.03 bits per heavy atom. The van der Waals surface area contributed by atoms with Crippen molar-refractivity contribution in [1.82, 2.24) is 24.4 Å². The number of aryl methyl sites for hydroxylation is 1. The molecule has 4 rings (SSSR count). The number of carbonyl (C=O) groups excluding carboxylic acids is 1. The molecule has 10 heteroatoms. The van der Waals surface area contributed by atoms with Crippen LogP contribution >= 0.6 is 0 Å². The molecule has 150 valence electrons. The first kappa shape index (κ1) is 18.8. The second-order valence-electron chi connectivity index (χ2n) is 6.63. The molecule has 3 heterocycles. The number of anilines is 2. The summed E-state index contributed by atoms with van der Waals surface area (Å²) in [4.78, 5) is 29.1. The molecule has 0 radical (unpaired) electrons. The van der Waals surface area contributed by atoms with Crippen LogP contribution in [0.3, 0.4) is 0 Å². The number of carbonyl (C=O) groups is 1. The van der Waals surface area contributed by atoms with Crippen molar-refractivity contribution in [1.29, 1.82) is 0 Å². The molecule has 2 aromatic heterocycles. The van der Waals surface area contributed by atoms with Crippen LogP contribution in [0.2, 0.25) is 0 Å². The van der Waals surface area contributed by atoms with Gasteiger partial charge in [0.15, 0.2) is 11.6 Å². The van der Waals surface area contributed by atoms with E-state index in [9.17, 15) is 13.6 Å². The van der Waals surface area contributed by atoms with E-state index in [0.717, 1.165) is 23.8 Å². The van der Waals surface area contributed by atoms with Gasteiger partial charge >= 0.3 is 6.03 Å². The van der Waals surface area contributed by atoms with Crippen LogP contribution in [0.25, 0.3) is 5.82 Å². The number of aromatic nitrogens is 4. The molecule has 1 aliphatic rings. The Kier molecular flexibility index (Phi) is 5.07. The van der Waals surface area contributed by atoms with Crippen molar-refractivity contribution in [3.63, 3.8) is 0 Å². The molecule has 8 nitrogen and oxygen atoms in total. The number of halogens is 2. The van der Waals surface area contributed by atoms with Crippen LogP contribution in [0, 0.1) is 18.6 Å². The van der Waals surface area contributed by atoms with Crippen molar-refractivity contribution in [2.24, 2.45) is 0 Å². The van der Waals surface area contributed by atoms with Gasteiger partial charge in [0.2, 0.25) is 0 Å². The highest BCUT2D eigenvalue weighted by Gasteiger charge is 2.23. The van der Waals surface area contributed by atoms with Crippen LogP contribution in [0.4, 0.5) is 25.1 Å². The summed E-state index contributed by atoms with van der Waals surface area (Å²) in [6, 6.07) is 4.80. The number of benzene rings is 1. The van der Waals surface area contributed by atoms with Crippen LogP contribution < -0.4 is 10.2 Å². The molecule has 0 atom stereocenters. The minimum absolute atomic E-state index is 0.215. The zero-order chi connectivity index (χ0) is 20.4. The van der Waals surface area contributed by atoms with Gasteiger partial charge in [-0.1, -0.05) is 0 Å². The Bertz CT molecular complexity index is 1020. The summed E-state index contributed by atoms with van der Waals surface area (Å²) >= 11 is 0. The topological polar surface area (TPSA) is 79.2 Å². The fourth-order valence-electron chi connectivity index (χ4n) is 3.14. The lowest BCUT2D eigenvalue weighted by Crippen LogP contribution is -2.50. The van der Waals surface area contributed by atoms with Gasteiger partial charge in [0.05, 0.1) is 0 Å². The monoisotopic (exact) mass is 399 g/mol. The van der Waals surface area contributed by atoms with E-state index in [4.69, 9.17) is 0 Å². The van der Waals surface area contributed by atoms with Crippen LogP contribution in [0.15, 0.2) is 43.0 Å². The Hall–Kier alpha value is -3.56. The van der Waals surface area contributed by atoms with E-state index < -0.39 is 11.6 Å². The number of nitrogens with one attached hydrogen (secondary N) is 1. The molecule has 1 aliphatic heterocycles. The SMILES string of the molecule is Cc1nc(N2CCN(C(=O)Nc3ccc(F)c(F)c3)CC2)cc(-n2ccnc2)n1. The Morgan fingerprint density at radius 3 is 2.48 bits per heavy atom. The second-order valence-corrected chi connectivity index (χ2v) is 6.63. The van der Waals surface area contributed by atoms with Gasteiger partial charge in [-0.3, -0.25) is 4.57 Å². The minimum Gasteiger partial charge on any atom is -0.353 e. The number of hydrogen-bond donors (Lipinski definition) is 1. The Labute approximate surface area is 165 Å². The van der Waals surface area contributed by atoms with Crippen molar-refractivity contribution in [2.45, 2.75) is 6.92 Å². The van der Waals surface area contributed by atoms with Crippen molar-refractivity contribution >= 4 is 17.5 Å². The smallest absolute Gasteiger partial charge is 0.321 e. The number of rotatable bonds is 3. The molecule has 1 saturated heterocycles. The fraction of sp³-hybridized carbons (Fsp3) is 0.263. The quantitative estimate of drug-likeness (QED) is 0.733. The molecule has 0 spiro atoms. The molecule has 1 fully saturated rings. The maximum atomic E-state index is 13.3. The molecular formula is C19H19F2N7O. The summed E-state index contributed by atoms with van der Waals surface area (Å²) in [6.45, 7) is 3.95. The summed E-state index contributed by atoms with van der Waals surface area (Å²) in [5, 5.41) is 2.60. The molecule has 3 aromatic rings. The number of amides is 2. The van der Waals surface area contributed by atoms with Crippen molar-refractivity contribution in [3.8, 4) is 5.82 Å². The number of imidazole rings is 1. The van der Waals surface area contributed by atoms with Gasteiger partial charge in [0, 0.05) is 56.4 Å². The van der Waals surface area contributed by atoms with Crippen LogP contribution in [0.1, 0.15) is 5.82 Å². The van der Waals surface area contributed by atoms with E-state index in [2.05, 4.69) is 25.2 Å². The predicted molar refractivity (Wildman–Crippen MR) is 103 cm³/mol. The van der Waals surface area contributed by atoms with E-state index in [0.29, 0.717) is 32.0 Å². The Morgan fingerprint density at radius 2 is 1.79 bits per heavy atom. The van der Waals surface area contributed by atoms with E-state index in [1.165, 1.54) is 6.07 Å². The van der Waals surface area contributed by atoms with Gasteiger partial charge in [-0.25, -0.2) is 28.5 Å². The van der Waals surface area contributed by atoms with Crippen molar-refractivity contribution < 1.29 is 13.6 Å². The molecule has 0 unspecified atom stereocenters. The predicted octanol–water partition coefficient (Wildman–Crippen LogP) is 2.60. The van der Waals surface area contributed by atoms with Gasteiger partial charge in [-0.2, -0.15) is 0 Å². The zero-order valence-corrected chi connectivity index (χ0v) is 15.7. The van der Waals surface area contributed by atoms with Crippen LogP contribution in [0.5, 0.6) is 0 Å².